The van der Waals surface area contributed by atoms with Gasteiger partial charge >= 0.3 is 0 Å². The van der Waals surface area contributed by atoms with E-state index < -0.39 is 0 Å². The second kappa shape index (κ2) is 6.49. The molecule has 1 aromatic carbocycles. The van der Waals surface area contributed by atoms with E-state index in [-0.39, 0.29) is 18.0 Å². The summed E-state index contributed by atoms with van der Waals surface area (Å²) in [5, 5.41) is 11.4. The van der Waals surface area contributed by atoms with Crippen molar-refractivity contribution in [2.75, 3.05) is 6.79 Å². The molecule has 1 amide bonds. The van der Waals surface area contributed by atoms with Gasteiger partial charge in [0.1, 0.15) is 5.82 Å². The van der Waals surface area contributed by atoms with Crippen molar-refractivity contribution in [2.24, 2.45) is 7.05 Å². The fraction of sp³-hybridized carbons (Fsp3) is 0.400. The minimum absolute atomic E-state index is 0.0479. The maximum Gasteiger partial charge on any atom is 0.233 e. The Balaban J connectivity index is 1.55. The molecule has 1 atom stereocenters. The molecule has 1 aliphatic heterocycles. The molecule has 0 bridgehead atoms. The van der Waals surface area contributed by atoms with Crippen LogP contribution in [0.4, 0.5) is 0 Å². The van der Waals surface area contributed by atoms with E-state index in [4.69, 9.17) is 9.47 Å². The van der Waals surface area contributed by atoms with Crippen LogP contribution in [0.25, 0.3) is 0 Å². The number of hydrogen-bond acceptors (Lipinski definition) is 6. The largest absolute Gasteiger partial charge is 0.454 e. The first-order valence-electron chi connectivity index (χ1n) is 7.23. The van der Waals surface area contributed by atoms with Crippen LogP contribution in [-0.4, -0.2) is 32.7 Å². The van der Waals surface area contributed by atoms with E-state index in [1.165, 1.54) is 11.8 Å². The van der Waals surface area contributed by atoms with Crippen molar-refractivity contribution in [3.63, 3.8) is 0 Å². The molecular formula is C15H18N4O3S. The van der Waals surface area contributed by atoms with Gasteiger partial charge in [-0.3, -0.25) is 4.79 Å². The van der Waals surface area contributed by atoms with Crippen LogP contribution in [0, 0.1) is 6.92 Å². The number of nitrogens with zero attached hydrogens (tertiary/aromatic N) is 3. The monoisotopic (exact) mass is 334 g/mol. The number of aromatic nitrogens is 3. The molecule has 122 valence electrons. The third-order valence-electron chi connectivity index (χ3n) is 3.61. The van der Waals surface area contributed by atoms with Crippen LogP contribution in [0.2, 0.25) is 0 Å². The summed E-state index contributed by atoms with van der Waals surface area (Å²) in [4.78, 5) is 12.2. The van der Waals surface area contributed by atoms with Gasteiger partial charge in [0.2, 0.25) is 12.7 Å². The van der Waals surface area contributed by atoms with Crippen molar-refractivity contribution in [1.82, 2.24) is 20.1 Å². The van der Waals surface area contributed by atoms with Gasteiger partial charge in [-0.25, -0.2) is 0 Å². The second-order valence-corrected chi connectivity index (χ2v) is 6.56. The van der Waals surface area contributed by atoms with Gasteiger partial charge < -0.3 is 19.4 Å². The number of ether oxygens (including phenoxy) is 2. The summed E-state index contributed by atoms with van der Waals surface area (Å²) in [5.41, 5.74) is 0.967. The minimum Gasteiger partial charge on any atom is -0.454 e. The van der Waals surface area contributed by atoms with E-state index in [1.807, 2.05) is 43.7 Å². The highest BCUT2D eigenvalue weighted by atomic mass is 32.2. The summed E-state index contributed by atoms with van der Waals surface area (Å²) in [6.45, 7) is 4.42. The SMILES string of the molecule is Cc1nnc(S[C@H](C)C(=O)NCc2ccc3c(c2)OCO3)n1C. The minimum atomic E-state index is -0.258. The summed E-state index contributed by atoms with van der Waals surface area (Å²) in [6, 6.07) is 5.65. The topological polar surface area (TPSA) is 78.3 Å². The van der Waals surface area contributed by atoms with Crippen molar-refractivity contribution < 1.29 is 14.3 Å². The number of thioether (sulfide) groups is 1. The summed E-state index contributed by atoms with van der Waals surface area (Å²) >= 11 is 1.39. The molecule has 0 radical (unpaired) electrons. The second-order valence-electron chi connectivity index (χ2n) is 5.25. The maximum absolute atomic E-state index is 12.2. The number of benzene rings is 1. The van der Waals surface area contributed by atoms with Crippen LogP contribution in [0.1, 0.15) is 18.3 Å². The predicted octanol–water partition coefficient (Wildman–Crippen LogP) is 1.65. The normalized spacial score (nSPS) is 13.9. The summed E-state index contributed by atoms with van der Waals surface area (Å²) in [7, 11) is 1.88. The van der Waals surface area contributed by atoms with Crippen LogP contribution in [0.15, 0.2) is 23.4 Å². The van der Waals surface area contributed by atoms with Gasteiger partial charge in [0.15, 0.2) is 16.7 Å². The number of fused-ring (bicyclic) bond motifs is 1. The van der Waals surface area contributed by atoms with Crippen molar-refractivity contribution in [1.29, 1.82) is 0 Å². The molecule has 0 saturated heterocycles. The lowest BCUT2D eigenvalue weighted by Crippen LogP contribution is -2.30. The van der Waals surface area contributed by atoms with Gasteiger partial charge in [-0.1, -0.05) is 17.8 Å². The molecule has 0 spiro atoms. The molecule has 1 N–H and O–H groups in total. The van der Waals surface area contributed by atoms with Crippen LogP contribution in [-0.2, 0) is 18.4 Å². The standard InChI is InChI=1S/C15H18N4O3S/c1-9(23-15-18-17-10(2)19(15)3)14(20)16-7-11-4-5-12-13(6-11)22-8-21-12/h4-6,9H,7-8H2,1-3H3,(H,16,20)/t9-/m1/s1. The van der Waals surface area contributed by atoms with E-state index in [0.717, 1.165) is 22.3 Å². The Morgan fingerprint density at radius 3 is 2.91 bits per heavy atom. The number of aryl methyl sites for hydroxylation is 1. The number of nitrogens with one attached hydrogen (secondary N) is 1. The van der Waals surface area contributed by atoms with Gasteiger partial charge in [-0.05, 0) is 31.5 Å². The quantitative estimate of drug-likeness (QED) is 0.838. The molecule has 1 aliphatic rings. The molecule has 2 heterocycles. The average Bonchev–Trinajstić information content (AvgIpc) is 3.13. The number of carbonyl (C=O) groups is 1. The Morgan fingerprint density at radius 1 is 1.39 bits per heavy atom. The number of hydrogen-bond donors (Lipinski definition) is 1. The number of carbonyl (C=O) groups excluding carboxylic acids is 1. The van der Waals surface area contributed by atoms with E-state index in [9.17, 15) is 4.79 Å². The molecule has 0 saturated carbocycles. The Kier molecular flexibility index (Phi) is 4.42. The van der Waals surface area contributed by atoms with Gasteiger partial charge in [-0.2, -0.15) is 0 Å². The Hall–Kier alpha value is -2.22. The fourth-order valence-electron chi connectivity index (χ4n) is 2.09. The predicted molar refractivity (Wildman–Crippen MR) is 85.5 cm³/mol. The van der Waals surface area contributed by atoms with Gasteiger partial charge in [-0.15, -0.1) is 10.2 Å². The third-order valence-corrected chi connectivity index (χ3v) is 4.74. The molecule has 0 fully saturated rings. The zero-order chi connectivity index (χ0) is 16.4. The fourth-order valence-corrected chi connectivity index (χ4v) is 2.97. The number of rotatable bonds is 5. The van der Waals surface area contributed by atoms with Gasteiger partial charge in [0, 0.05) is 13.6 Å². The zero-order valence-electron chi connectivity index (χ0n) is 13.2. The summed E-state index contributed by atoms with van der Waals surface area (Å²) < 4.78 is 12.5. The van der Waals surface area contributed by atoms with Crippen molar-refractivity contribution in [3.05, 3.63) is 29.6 Å². The van der Waals surface area contributed by atoms with E-state index in [2.05, 4.69) is 15.5 Å². The molecule has 3 rings (SSSR count). The first-order chi connectivity index (χ1) is 11.0. The first kappa shape index (κ1) is 15.7. The summed E-state index contributed by atoms with van der Waals surface area (Å²) in [6.07, 6.45) is 0. The zero-order valence-corrected chi connectivity index (χ0v) is 14.0. The molecule has 1 aromatic heterocycles. The van der Waals surface area contributed by atoms with Gasteiger partial charge in [0.25, 0.3) is 0 Å². The van der Waals surface area contributed by atoms with Crippen LogP contribution in [0.5, 0.6) is 11.5 Å². The van der Waals surface area contributed by atoms with E-state index >= 15 is 0 Å². The third kappa shape index (κ3) is 3.42. The van der Waals surface area contributed by atoms with Gasteiger partial charge in [0.05, 0.1) is 5.25 Å². The lowest BCUT2D eigenvalue weighted by atomic mass is 10.2. The van der Waals surface area contributed by atoms with E-state index in [1.54, 1.807) is 0 Å². The molecule has 2 aromatic rings. The van der Waals surface area contributed by atoms with Crippen molar-refractivity contribution in [3.8, 4) is 11.5 Å². The highest BCUT2D eigenvalue weighted by Gasteiger charge is 2.18. The molecule has 23 heavy (non-hydrogen) atoms. The Bertz CT molecular complexity index is 732. The Morgan fingerprint density at radius 2 is 2.17 bits per heavy atom. The first-order valence-corrected chi connectivity index (χ1v) is 8.11. The Labute approximate surface area is 138 Å². The van der Waals surface area contributed by atoms with Crippen molar-refractivity contribution >= 4 is 17.7 Å². The lowest BCUT2D eigenvalue weighted by molar-refractivity contribution is -0.120. The smallest absolute Gasteiger partial charge is 0.233 e. The highest BCUT2D eigenvalue weighted by Crippen LogP contribution is 2.32. The maximum atomic E-state index is 12.2. The van der Waals surface area contributed by atoms with Crippen molar-refractivity contribution in [2.45, 2.75) is 30.8 Å². The lowest BCUT2D eigenvalue weighted by Gasteiger charge is -2.11. The molecule has 8 heteroatoms. The molecule has 0 unspecified atom stereocenters. The average molecular weight is 334 g/mol. The molecular weight excluding hydrogens is 316 g/mol. The van der Waals surface area contributed by atoms with Crippen LogP contribution >= 0.6 is 11.8 Å². The van der Waals surface area contributed by atoms with Crippen LogP contribution in [0.3, 0.4) is 0 Å². The van der Waals surface area contributed by atoms with Crippen LogP contribution < -0.4 is 14.8 Å². The van der Waals surface area contributed by atoms with E-state index in [0.29, 0.717) is 12.3 Å². The summed E-state index contributed by atoms with van der Waals surface area (Å²) in [5.74, 6) is 2.23. The highest BCUT2D eigenvalue weighted by molar-refractivity contribution is 8.00. The molecule has 0 aliphatic carbocycles. The number of amides is 1. The molecule has 7 nitrogen and oxygen atoms in total.